The summed E-state index contributed by atoms with van der Waals surface area (Å²) in [5.41, 5.74) is -0.227. The molecule has 176 valence electrons. The standard InChI is InChI=1S/C22H16BrF4N5OS/c23-18-19(21(33)31-9-7-30(8-10-31)14-5-3-13(24)4-6-14)29-32-17(22(25,26)27)12-15(28-20(18)32)16-2-1-11-34-16/h1-6,11-12H,7-10H2. The van der Waals surface area contributed by atoms with E-state index >= 15 is 0 Å². The number of halogens is 5. The third kappa shape index (κ3) is 4.16. The molecule has 0 unspecified atom stereocenters. The molecule has 1 aliphatic heterocycles. The van der Waals surface area contributed by atoms with E-state index in [1.165, 1.54) is 23.5 Å². The molecular weight excluding hydrogens is 538 g/mol. The third-order valence-corrected chi connectivity index (χ3v) is 7.18. The predicted octanol–water partition coefficient (Wildman–Crippen LogP) is 5.34. The summed E-state index contributed by atoms with van der Waals surface area (Å²) in [6.45, 7) is 1.68. The van der Waals surface area contributed by atoms with Crippen LogP contribution in [-0.4, -0.2) is 51.6 Å². The minimum Gasteiger partial charge on any atom is -0.368 e. The van der Waals surface area contributed by atoms with E-state index < -0.39 is 17.8 Å². The average molecular weight is 554 g/mol. The first-order valence-corrected chi connectivity index (χ1v) is 11.9. The Morgan fingerprint density at radius 1 is 1.06 bits per heavy atom. The van der Waals surface area contributed by atoms with Gasteiger partial charge >= 0.3 is 6.18 Å². The molecule has 1 aromatic carbocycles. The number of alkyl halides is 3. The molecule has 1 amide bonds. The molecular formula is C22H16BrF4N5OS. The molecule has 0 aliphatic carbocycles. The largest absolute Gasteiger partial charge is 0.433 e. The summed E-state index contributed by atoms with van der Waals surface area (Å²) in [6.07, 6.45) is -4.69. The maximum atomic E-state index is 13.8. The lowest BCUT2D eigenvalue weighted by Gasteiger charge is -2.35. The molecule has 0 radical (unpaired) electrons. The second-order valence-corrected chi connectivity index (χ2v) is 9.40. The van der Waals surface area contributed by atoms with Crippen molar-refractivity contribution in [2.75, 3.05) is 31.1 Å². The molecule has 0 bridgehead atoms. The fourth-order valence-corrected chi connectivity index (χ4v) is 5.04. The van der Waals surface area contributed by atoms with E-state index in [0.29, 0.717) is 35.6 Å². The number of amides is 1. The van der Waals surface area contributed by atoms with Crippen LogP contribution in [0.25, 0.3) is 16.2 Å². The van der Waals surface area contributed by atoms with Crippen molar-refractivity contribution in [3.63, 3.8) is 0 Å². The van der Waals surface area contributed by atoms with Crippen molar-refractivity contribution in [2.45, 2.75) is 6.18 Å². The Kier molecular flexibility index (Phi) is 5.80. The van der Waals surface area contributed by atoms with E-state index in [1.54, 1.807) is 34.5 Å². The number of aromatic nitrogens is 3. The van der Waals surface area contributed by atoms with Crippen LogP contribution in [0, 0.1) is 5.82 Å². The number of carbonyl (C=O) groups is 1. The normalized spacial score (nSPS) is 14.7. The number of anilines is 1. The molecule has 3 aromatic heterocycles. The predicted molar refractivity (Wildman–Crippen MR) is 124 cm³/mol. The van der Waals surface area contributed by atoms with E-state index in [0.717, 1.165) is 11.8 Å². The van der Waals surface area contributed by atoms with Crippen LogP contribution in [0.2, 0.25) is 0 Å². The van der Waals surface area contributed by atoms with Gasteiger partial charge in [-0.1, -0.05) is 6.07 Å². The highest BCUT2D eigenvalue weighted by atomic mass is 79.9. The van der Waals surface area contributed by atoms with Gasteiger partial charge in [-0.25, -0.2) is 13.9 Å². The van der Waals surface area contributed by atoms with Crippen molar-refractivity contribution < 1.29 is 22.4 Å². The number of hydrogen-bond donors (Lipinski definition) is 0. The SMILES string of the molecule is O=C(c1nn2c(C(F)(F)F)cc(-c3cccs3)nc2c1Br)N1CCN(c2ccc(F)cc2)CC1. The molecule has 5 rings (SSSR count). The number of benzene rings is 1. The van der Waals surface area contributed by atoms with Gasteiger partial charge in [0.1, 0.15) is 5.82 Å². The van der Waals surface area contributed by atoms with Gasteiger partial charge in [-0.15, -0.1) is 11.3 Å². The molecule has 12 heteroatoms. The fraction of sp³-hybridized carbons (Fsp3) is 0.227. The summed E-state index contributed by atoms with van der Waals surface area (Å²) in [7, 11) is 0. The number of nitrogens with zero attached hydrogens (tertiary/aromatic N) is 5. The molecule has 1 saturated heterocycles. The number of piperazine rings is 1. The summed E-state index contributed by atoms with van der Waals surface area (Å²) >= 11 is 4.54. The molecule has 1 fully saturated rings. The van der Waals surface area contributed by atoms with Gasteiger partial charge in [0.25, 0.3) is 5.91 Å². The van der Waals surface area contributed by atoms with E-state index in [4.69, 9.17) is 0 Å². The van der Waals surface area contributed by atoms with Crippen molar-refractivity contribution in [3.8, 4) is 10.6 Å². The van der Waals surface area contributed by atoms with Crippen molar-refractivity contribution >= 4 is 44.5 Å². The molecule has 34 heavy (non-hydrogen) atoms. The van der Waals surface area contributed by atoms with Gasteiger partial charge in [-0.2, -0.15) is 18.3 Å². The number of hydrogen-bond acceptors (Lipinski definition) is 5. The minimum absolute atomic E-state index is 0.0773. The van der Waals surface area contributed by atoms with Crippen LogP contribution in [0.5, 0.6) is 0 Å². The van der Waals surface area contributed by atoms with Crippen LogP contribution in [0.3, 0.4) is 0 Å². The van der Waals surface area contributed by atoms with Crippen molar-refractivity contribution in [1.29, 1.82) is 0 Å². The van der Waals surface area contributed by atoms with Gasteiger partial charge in [-0.3, -0.25) is 4.79 Å². The van der Waals surface area contributed by atoms with Crippen LogP contribution in [0.1, 0.15) is 16.2 Å². The lowest BCUT2D eigenvalue weighted by atomic mass is 10.2. The zero-order chi connectivity index (χ0) is 24.0. The Hall–Kier alpha value is -2.99. The summed E-state index contributed by atoms with van der Waals surface area (Å²) < 4.78 is 55.5. The molecule has 4 heterocycles. The molecule has 4 aromatic rings. The zero-order valence-corrected chi connectivity index (χ0v) is 19.8. The highest BCUT2D eigenvalue weighted by Crippen LogP contribution is 2.36. The third-order valence-electron chi connectivity index (χ3n) is 5.56. The van der Waals surface area contributed by atoms with Crippen molar-refractivity contribution in [2.24, 2.45) is 0 Å². The minimum atomic E-state index is -4.69. The van der Waals surface area contributed by atoms with Gasteiger partial charge in [0.15, 0.2) is 17.0 Å². The van der Waals surface area contributed by atoms with Crippen molar-refractivity contribution in [3.05, 3.63) is 69.5 Å². The van der Waals surface area contributed by atoms with E-state index in [-0.39, 0.29) is 27.3 Å². The molecule has 0 N–H and O–H groups in total. The van der Waals surface area contributed by atoms with Gasteiger partial charge in [0.2, 0.25) is 0 Å². The number of thiophene rings is 1. The zero-order valence-electron chi connectivity index (χ0n) is 17.4. The summed E-state index contributed by atoms with van der Waals surface area (Å²) in [5.74, 6) is -0.815. The highest BCUT2D eigenvalue weighted by molar-refractivity contribution is 9.10. The fourth-order valence-electron chi connectivity index (χ4n) is 3.85. The first-order valence-electron chi connectivity index (χ1n) is 10.2. The molecule has 0 spiro atoms. The van der Waals surface area contributed by atoms with Crippen LogP contribution in [-0.2, 0) is 6.18 Å². The van der Waals surface area contributed by atoms with E-state index in [9.17, 15) is 22.4 Å². The summed E-state index contributed by atoms with van der Waals surface area (Å²) in [6, 6.07) is 10.4. The Bertz CT molecular complexity index is 1350. The number of fused-ring (bicyclic) bond motifs is 1. The smallest absolute Gasteiger partial charge is 0.368 e. The lowest BCUT2D eigenvalue weighted by molar-refractivity contribution is -0.142. The van der Waals surface area contributed by atoms with Crippen LogP contribution in [0.4, 0.5) is 23.2 Å². The molecule has 1 aliphatic rings. The molecule has 0 saturated carbocycles. The van der Waals surface area contributed by atoms with Crippen LogP contribution in [0.15, 0.2) is 52.3 Å². The second-order valence-electron chi connectivity index (χ2n) is 7.66. The van der Waals surface area contributed by atoms with E-state index in [1.807, 2.05) is 4.90 Å². The average Bonchev–Trinajstić information content (AvgIpc) is 3.47. The second kappa shape index (κ2) is 8.66. The monoisotopic (exact) mass is 553 g/mol. The summed E-state index contributed by atoms with van der Waals surface area (Å²) in [5, 5.41) is 5.76. The highest BCUT2D eigenvalue weighted by Gasteiger charge is 2.37. The number of carbonyl (C=O) groups excluding carboxylic acids is 1. The van der Waals surface area contributed by atoms with Gasteiger partial charge in [-0.05, 0) is 57.7 Å². The van der Waals surface area contributed by atoms with Gasteiger partial charge in [0.05, 0.1) is 15.0 Å². The quantitative estimate of drug-likeness (QED) is 0.321. The number of rotatable bonds is 3. The topological polar surface area (TPSA) is 53.7 Å². The molecule has 0 atom stereocenters. The first kappa shape index (κ1) is 22.8. The maximum absolute atomic E-state index is 13.8. The van der Waals surface area contributed by atoms with Crippen molar-refractivity contribution in [1.82, 2.24) is 19.5 Å². The van der Waals surface area contributed by atoms with Gasteiger partial charge < -0.3 is 9.80 Å². The van der Waals surface area contributed by atoms with Crippen LogP contribution < -0.4 is 4.90 Å². The Morgan fingerprint density at radius 3 is 2.38 bits per heavy atom. The Morgan fingerprint density at radius 2 is 1.76 bits per heavy atom. The lowest BCUT2D eigenvalue weighted by Crippen LogP contribution is -2.49. The molecule has 6 nitrogen and oxygen atoms in total. The maximum Gasteiger partial charge on any atom is 0.433 e. The van der Waals surface area contributed by atoms with Crippen LogP contribution >= 0.6 is 27.3 Å². The Labute approximate surface area is 203 Å². The summed E-state index contributed by atoms with van der Waals surface area (Å²) in [4.78, 5) is 21.7. The van der Waals surface area contributed by atoms with E-state index in [2.05, 4.69) is 26.0 Å². The Balaban J connectivity index is 1.45. The van der Waals surface area contributed by atoms with Gasteiger partial charge in [0, 0.05) is 31.9 Å². The first-order chi connectivity index (χ1) is 16.2.